The smallest absolute Gasteiger partial charge is 0.274 e. The Morgan fingerprint density at radius 3 is 2.55 bits per heavy atom. The summed E-state index contributed by atoms with van der Waals surface area (Å²) in [7, 11) is 1.56. The number of alkyl halides is 2. The quantitative estimate of drug-likeness (QED) is 0.715. The Bertz CT molecular complexity index is 1000. The molecule has 0 unspecified atom stereocenters. The molecule has 0 bridgehead atoms. The highest BCUT2D eigenvalue weighted by Gasteiger charge is 2.38. The van der Waals surface area contributed by atoms with E-state index >= 15 is 0 Å². The minimum absolute atomic E-state index is 0.0422. The predicted octanol–water partition coefficient (Wildman–Crippen LogP) is 4.02. The number of nitrogens with zero attached hydrogens (tertiary/aromatic N) is 3. The molecule has 1 aromatic heterocycles. The fraction of sp³-hybridized carbons (Fsp3) is 0.476. The first-order valence-electron chi connectivity index (χ1n) is 9.97. The van der Waals surface area contributed by atoms with Crippen molar-refractivity contribution in [2.45, 2.75) is 39.0 Å². The zero-order valence-corrected chi connectivity index (χ0v) is 17.5. The number of piperidine rings is 1. The summed E-state index contributed by atoms with van der Waals surface area (Å²) in [5.74, 6) is -6.69. The third-order valence-electron chi connectivity index (χ3n) is 5.00. The normalized spacial score (nSPS) is 15.9. The highest BCUT2D eigenvalue weighted by molar-refractivity contribution is 6.04. The standard InChI is InChI=1S/C21H24F4N4O2/c1-12(2)7-13-8-18(28(3)27-13)19(30)26-17-9-14(15(22)10-16(17)23)20(31)29-6-4-5-21(24,25)11-29/h8-10,12H,4-7,11H2,1-3H3,(H,26,30). The van der Waals surface area contributed by atoms with Crippen molar-refractivity contribution in [3.8, 4) is 0 Å². The number of benzene rings is 1. The topological polar surface area (TPSA) is 67.2 Å². The molecule has 6 nitrogen and oxygen atoms in total. The van der Waals surface area contributed by atoms with Crippen LogP contribution < -0.4 is 5.32 Å². The molecule has 10 heteroatoms. The molecule has 0 spiro atoms. The highest BCUT2D eigenvalue weighted by Crippen LogP contribution is 2.29. The Morgan fingerprint density at radius 2 is 1.90 bits per heavy atom. The van der Waals surface area contributed by atoms with Crippen molar-refractivity contribution in [3.05, 3.63) is 46.8 Å². The van der Waals surface area contributed by atoms with Gasteiger partial charge in [-0.15, -0.1) is 0 Å². The average molecular weight is 440 g/mol. The van der Waals surface area contributed by atoms with E-state index in [0.717, 1.165) is 11.0 Å². The summed E-state index contributed by atoms with van der Waals surface area (Å²) in [4.78, 5) is 26.0. The molecule has 1 saturated heterocycles. The number of halogens is 4. The molecule has 0 saturated carbocycles. The monoisotopic (exact) mass is 440 g/mol. The summed E-state index contributed by atoms with van der Waals surface area (Å²) in [6.07, 6.45) is 0.364. The van der Waals surface area contributed by atoms with Gasteiger partial charge >= 0.3 is 0 Å². The number of carbonyl (C=O) groups is 2. The third kappa shape index (κ3) is 5.23. The van der Waals surface area contributed by atoms with Gasteiger partial charge < -0.3 is 10.2 Å². The second-order valence-electron chi connectivity index (χ2n) is 8.19. The molecule has 2 amide bonds. The number of hydrogen-bond acceptors (Lipinski definition) is 3. The van der Waals surface area contributed by atoms with Crippen molar-refractivity contribution in [1.29, 1.82) is 0 Å². The zero-order valence-electron chi connectivity index (χ0n) is 17.5. The number of hydrogen-bond donors (Lipinski definition) is 1. The molecule has 2 heterocycles. The summed E-state index contributed by atoms with van der Waals surface area (Å²) < 4.78 is 57.2. The minimum Gasteiger partial charge on any atom is -0.333 e. The number of rotatable bonds is 5. The van der Waals surface area contributed by atoms with Gasteiger partial charge in [0.05, 0.1) is 23.5 Å². The van der Waals surface area contributed by atoms with Crippen molar-refractivity contribution in [2.75, 3.05) is 18.4 Å². The predicted molar refractivity (Wildman–Crippen MR) is 106 cm³/mol. The number of aromatic nitrogens is 2. The van der Waals surface area contributed by atoms with E-state index in [9.17, 15) is 27.2 Å². The largest absolute Gasteiger partial charge is 0.333 e. The van der Waals surface area contributed by atoms with E-state index in [1.807, 2.05) is 13.8 Å². The SMILES string of the molecule is CC(C)Cc1cc(C(=O)Nc2cc(C(=O)N3CCCC(F)(F)C3)c(F)cc2F)n(C)n1. The maximum Gasteiger partial charge on any atom is 0.274 e. The molecule has 0 aliphatic carbocycles. The maximum absolute atomic E-state index is 14.3. The van der Waals surface area contributed by atoms with Crippen LogP contribution >= 0.6 is 0 Å². The van der Waals surface area contributed by atoms with E-state index in [1.54, 1.807) is 13.1 Å². The number of anilines is 1. The van der Waals surface area contributed by atoms with Gasteiger partial charge in [-0.2, -0.15) is 5.10 Å². The van der Waals surface area contributed by atoms with Gasteiger partial charge in [-0.3, -0.25) is 14.3 Å². The minimum atomic E-state index is -3.06. The first kappa shape index (κ1) is 22.8. The molecule has 1 aliphatic heterocycles. The van der Waals surface area contributed by atoms with Crippen LogP contribution in [-0.2, 0) is 13.5 Å². The summed E-state index contributed by atoms with van der Waals surface area (Å²) in [5.41, 5.74) is -0.169. The van der Waals surface area contributed by atoms with E-state index in [-0.39, 0.29) is 25.1 Å². The maximum atomic E-state index is 14.3. The number of amides is 2. The van der Waals surface area contributed by atoms with E-state index in [4.69, 9.17) is 0 Å². The number of aryl methyl sites for hydroxylation is 1. The Kier molecular flexibility index (Phi) is 6.38. The molecular formula is C21H24F4N4O2. The second-order valence-corrected chi connectivity index (χ2v) is 8.19. The van der Waals surface area contributed by atoms with Gasteiger partial charge in [0.2, 0.25) is 0 Å². The van der Waals surface area contributed by atoms with Gasteiger partial charge in [-0.05, 0) is 30.9 Å². The van der Waals surface area contributed by atoms with Crippen molar-refractivity contribution in [3.63, 3.8) is 0 Å². The van der Waals surface area contributed by atoms with Crippen LogP contribution in [0.4, 0.5) is 23.2 Å². The summed E-state index contributed by atoms with van der Waals surface area (Å²) in [6.45, 7) is 3.21. The first-order chi connectivity index (χ1) is 14.5. The molecule has 0 atom stereocenters. The Labute approximate surface area is 177 Å². The Balaban J connectivity index is 1.83. The van der Waals surface area contributed by atoms with E-state index in [2.05, 4.69) is 10.4 Å². The second kappa shape index (κ2) is 8.68. The van der Waals surface area contributed by atoms with Crippen LogP contribution in [-0.4, -0.2) is 45.5 Å². The molecule has 31 heavy (non-hydrogen) atoms. The van der Waals surface area contributed by atoms with Gasteiger partial charge in [0, 0.05) is 26.1 Å². The molecular weight excluding hydrogens is 416 g/mol. The van der Waals surface area contributed by atoms with Crippen molar-refractivity contribution in [2.24, 2.45) is 13.0 Å². The fourth-order valence-corrected chi connectivity index (χ4v) is 3.56. The van der Waals surface area contributed by atoms with E-state index in [0.29, 0.717) is 24.1 Å². The summed E-state index contributed by atoms with van der Waals surface area (Å²) >= 11 is 0. The van der Waals surface area contributed by atoms with Gasteiger partial charge in [-0.25, -0.2) is 17.6 Å². The van der Waals surface area contributed by atoms with Crippen LogP contribution in [0.1, 0.15) is 53.2 Å². The molecule has 0 radical (unpaired) electrons. The number of carbonyl (C=O) groups excluding carboxylic acids is 2. The van der Waals surface area contributed by atoms with E-state index in [1.165, 1.54) is 4.68 Å². The number of likely N-dealkylation sites (tertiary alicyclic amines) is 1. The molecule has 1 aromatic carbocycles. The fourth-order valence-electron chi connectivity index (χ4n) is 3.56. The van der Waals surface area contributed by atoms with Gasteiger partial charge in [0.25, 0.3) is 17.7 Å². The molecule has 3 rings (SSSR count). The summed E-state index contributed by atoms with van der Waals surface area (Å²) in [6, 6.07) is 2.86. The molecule has 1 N–H and O–H groups in total. The van der Waals surface area contributed by atoms with Crippen LogP contribution in [0.15, 0.2) is 18.2 Å². The summed E-state index contributed by atoms with van der Waals surface area (Å²) in [5, 5.41) is 6.56. The third-order valence-corrected chi connectivity index (χ3v) is 5.00. The van der Waals surface area contributed by atoms with Crippen LogP contribution in [0.2, 0.25) is 0 Å². The zero-order chi connectivity index (χ0) is 22.9. The highest BCUT2D eigenvalue weighted by atomic mass is 19.3. The molecule has 1 fully saturated rings. The molecule has 2 aromatic rings. The van der Waals surface area contributed by atoms with Crippen LogP contribution in [0.25, 0.3) is 0 Å². The molecule has 1 aliphatic rings. The van der Waals surface area contributed by atoms with Crippen molar-refractivity contribution < 1.29 is 27.2 Å². The van der Waals surface area contributed by atoms with Crippen LogP contribution in [0, 0.1) is 17.6 Å². The molecule has 168 valence electrons. The Hall–Kier alpha value is -2.91. The average Bonchev–Trinajstić information content (AvgIpc) is 3.02. The van der Waals surface area contributed by atoms with Crippen molar-refractivity contribution in [1.82, 2.24) is 14.7 Å². The lowest BCUT2D eigenvalue weighted by Crippen LogP contribution is -2.45. The van der Waals surface area contributed by atoms with Crippen molar-refractivity contribution >= 4 is 17.5 Å². The van der Waals surface area contributed by atoms with E-state index < -0.39 is 47.2 Å². The van der Waals surface area contributed by atoms with Gasteiger partial charge in [0.15, 0.2) is 0 Å². The lowest BCUT2D eigenvalue weighted by atomic mass is 10.1. The lowest BCUT2D eigenvalue weighted by molar-refractivity contribution is -0.0561. The van der Waals surface area contributed by atoms with Gasteiger partial charge in [0.1, 0.15) is 17.3 Å². The Morgan fingerprint density at radius 1 is 1.19 bits per heavy atom. The lowest BCUT2D eigenvalue weighted by Gasteiger charge is -2.32. The van der Waals surface area contributed by atoms with Gasteiger partial charge in [-0.1, -0.05) is 13.8 Å². The first-order valence-corrected chi connectivity index (χ1v) is 9.97. The van der Waals surface area contributed by atoms with Crippen LogP contribution in [0.3, 0.4) is 0 Å². The number of nitrogens with one attached hydrogen (secondary N) is 1. The van der Waals surface area contributed by atoms with Crippen LogP contribution in [0.5, 0.6) is 0 Å².